The van der Waals surface area contributed by atoms with E-state index in [1.54, 1.807) is 31.2 Å². The number of ketones is 1. The number of thiophene rings is 3. The molecule has 0 aliphatic rings. The van der Waals surface area contributed by atoms with E-state index in [0.29, 0.717) is 45.7 Å². The van der Waals surface area contributed by atoms with Crippen LogP contribution in [-0.2, 0) is 38.8 Å². The third kappa shape index (κ3) is 10.8. The van der Waals surface area contributed by atoms with Crippen LogP contribution in [0.15, 0.2) is 106 Å². The molecule has 3 aromatic carbocycles. The van der Waals surface area contributed by atoms with Crippen LogP contribution in [0.3, 0.4) is 0 Å². The van der Waals surface area contributed by atoms with Crippen molar-refractivity contribution in [2.75, 3.05) is 6.61 Å². The molecule has 0 saturated carbocycles. The zero-order chi connectivity index (χ0) is 49.0. The van der Waals surface area contributed by atoms with E-state index in [9.17, 15) is 28.8 Å². The van der Waals surface area contributed by atoms with Crippen LogP contribution >= 0.6 is 68.8 Å². The van der Waals surface area contributed by atoms with Crippen molar-refractivity contribution >= 4 is 117 Å². The lowest BCUT2D eigenvalue weighted by molar-refractivity contribution is -0.144. The molecule has 9 aromatic rings. The summed E-state index contributed by atoms with van der Waals surface area (Å²) in [5.74, 6) is -1.63. The molecule has 0 saturated heterocycles. The van der Waals surface area contributed by atoms with Gasteiger partial charge in [0.25, 0.3) is 16.7 Å². The predicted octanol–water partition coefficient (Wildman–Crippen LogP) is 10.5. The summed E-state index contributed by atoms with van der Waals surface area (Å²) in [7, 11) is 0. The van der Waals surface area contributed by atoms with Crippen LogP contribution in [0.2, 0.25) is 15.1 Å². The fourth-order valence-corrected chi connectivity index (χ4v) is 11.0. The molecule has 1 N–H and O–H groups in total. The molecule has 0 bridgehead atoms. The highest BCUT2D eigenvalue weighted by atomic mass is 35.5. The van der Waals surface area contributed by atoms with Gasteiger partial charge in [-0.3, -0.25) is 42.5 Å². The van der Waals surface area contributed by atoms with Crippen molar-refractivity contribution in [1.82, 2.24) is 28.7 Å². The molecule has 20 heteroatoms. The Morgan fingerprint density at radius 1 is 0.574 bits per heavy atom. The fourth-order valence-electron chi connectivity index (χ4n) is 7.46. The zero-order valence-corrected chi connectivity index (χ0v) is 41.6. The second kappa shape index (κ2) is 21.3. The highest BCUT2D eigenvalue weighted by Gasteiger charge is 2.21. The zero-order valence-electron chi connectivity index (χ0n) is 36.8. The van der Waals surface area contributed by atoms with E-state index in [4.69, 9.17) is 44.6 Å². The fraction of sp³-hybridized carbons (Fsp3) is 0.188. The quantitative estimate of drug-likeness (QED) is 0.129. The van der Waals surface area contributed by atoms with Gasteiger partial charge in [-0.1, -0.05) is 71.2 Å². The van der Waals surface area contributed by atoms with Crippen LogP contribution in [0.1, 0.15) is 28.5 Å². The number of aliphatic carboxylic acids is 1. The van der Waals surface area contributed by atoms with Gasteiger partial charge in [-0.2, -0.15) is 0 Å². The smallest absolute Gasteiger partial charge is 0.326 e. The number of hydrogen-bond donors (Lipinski definition) is 1. The third-order valence-corrected chi connectivity index (χ3v) is 14.0. The molecule has 0 atom stereocenters. The number of nitrogens with zero attached hydrogens (tertiary/aromatic N) is 6. The molecule has 0 aliphatic heterocycles. The molecular formula is C48H39Cl3N6O8S3. The van der Waals surface area contributed by atoms with Crippen molar-refractivity contribution in [1.29, 1.82) is 0 Å². The van der Waals surface area contributed by atoms with Crippen molar-refractivity contribution in [3.63, 3.8) is 0 Å². The third-order valence-electron chi connectivity index (χ3n) is 10.2. The van der Waals surface area contributed by atoms with Crippen LogP contribution < -0.4 is 16.7 Å². The molecule has 68 heavy (non-hydrogen) atoms. The van der Waals surface area contributed by atoms with E-state index >= 15 is 0 Å². The van der Waals surface area contributed by atoms with Crippen LogP contribution in [0, 0.1) is 20.8 Å². The Hall–Kier alpha value is -6.34. The number of carboxylic acid groups (broad SMARTS) is 1. The monoisotopic (exact) mass is 1030 g/mol. The summed E-state index contributed by atoms with van der Waals surface area (Å²) in [4.78, 5) is 89.7. The molecule has 0 aliphatic carbocycles. The predicted molar refractivity (Wildman–Crippen MR) is 272 cm³/mol. The highest BCUT2D eigenvalue weighted by Crippen LogP contribution is 2.39. The van der Waals surface area contributed by atoms with E-state index in [-0.39, 0.29) is 42.2 Å². The maximum absolute atomic E-state index is 12.8. The number of benzene rings is 3. The summed E-state index contributed by atoms with van der Waals surface area (Å²) in [6.45, 7) is 8.72. The van der Waals surface area contributed by atoms with Gasteiger partial charge in [0.15, 0.2) is 0 Å². The van der Waals surface area contributed by atoms with Crippen molar-refractivity contribution in [3.05, 3.63) is 153 Å². The van der Waals surface area contributed by atoms with Gasteiger partial charge < -0.3 is 9.84 Å². The van der Waals surface area contributed by atoms with E-state index in [2.05, 4.69) is 15.0 Å². The number of carbonyl (C=O) groups excluding carboxylic acids is 2. The molecule has 6 heterocycles. The molecule has 0 unspecified atom stereocenters. The number of aromatic nitrogens is 6. The van der Waals surface area contributed by atoms with Gasteiger partial charge in [0.05, 0.1) is 48.3 Å². The first-order valence-electron chi connectivity index (χ1n) is 20.6. The molecule has 9 rings (SSSR count). The molecule has 0 spiro atoms. The van der Waals surface area contributed by atoms with Crippen LogP contribution in [0.5, 0.6) is 0 Å². The van der Waals surface area contributed by atoms with Gasteiger partial charge in [-0.05, 0) is 87.7 Å². The number of fused-ring (bicyclic) bond motifs is 3. The van der Waals surface area contributed by atoms with Crippen molar-refractivity contribution < 1.29 is 24.2 Å². The van der Waals surface area contributed by atoms with Gasteiger partial charge in [0.2, 0.25) is 0 Å². The molecule has 0 fully saturated rings. The number of carboxylic acids is 1. The Labute approximate surface area is 414 Å². The van der Waals surface area contributed by atoms with Crippen molar-refractivity contribution in [3.8, 4) is 33.4 Å². The van der Waals surface area contributed by atoms with Crippen molar-refractivity contribution in [2.24, 2.45) is 0 Å². The largest absolute Gasteiger partial charge is 0.480 e. The lowest BCUT2D eigenvalue weighted by Crippen LogP contribution is -2.25. The van der Waals surface area contributed by atoms with Gasteiger partial charge >= 0.3 is 11.9 Å². The van der Waals surface area contributed by atoms with Gasteiger partial charge in [0, 0.05) is 46.4 Å². The lowest BCUT2D eigenvalue weighted by atomic mass is 10.0. The molecular weight excluding hydrogens is 991 g/mol. The molecule has 0 radical (unpaired) electrons. The maximum atomic E-state index is 12.8. The first-order valence-corrected chi connectivity index (χ1v) is 24.1. The lowest BCUT2D eigenvalue weighted by Gasteiger charge is -2.06. The second-order valence-corrected chi connectivity index (χ2v) is 20.0. The average Bonchev–Trinajstić information content (AvgIpc) is 3.93. The Morgan fingerprint density at radius 3 is 1.22 bits per heavy atom. The summed E-state index contributed by atoms with van der Waals surface area (Å²) in [5, 5.41) is 12.2. The van der Waals surface area contributed by atoms with E-state index in [1.807, 2.05) is 69.3 Å². The summed E-state index contributed by atoms with van der Waals surface area (Å²) < 4.78 is 8.64. The van der Waals surface area contributed by atoms with Crippen molar-refractivity contribution in [2.45, 2.75) is 54.3 Å². The number of halogens is 3. The number of hydrogen-bond acceptors (Lipinski definition) is 13. The summed E-state index contributed by atoms with van der Waals surface area (Å²) >= 11 is 22.5. The number of aryl methyl sites for hydroxylation is 3. The summed E-state index contributed by atoms with van der Waals surface area (Å²) in [5.41, 5.74) is 4.18. The maximum Gasteiger partial charge on any atom is 0.326 e. The Bertz CT molecular complexity index is 3460. The van der Waals surface area contributed by atoms with E-state index in [0.717, 1.165) is 52.6 Å². The van der Waals surface area contributed by atoms with Gasteiger partial charge in [-0.15, -0.1) is 34.0 Å². The minimum absolute atomic E-state index is 0.0334. The topological polar surface area (TPSA) is 185 Å². The molecule has 6 aromatic heterocycles. The van der Waals surface area contributed by atoms with Crippen LogP contribution in [0.4, 0.5) is 0 Å². The Morgan fingerprint density at radius 2 is 0.912 bits per heavy atom. The van der Waals surface area contributed by atoms with Gasteiger partial charge in [-0.25, -0.2) is 15.0 Å². The Balaban J connectivity index is 0.000000151. The normalized spacial score (nSPS) is 11.0. The summed E-state index contributed by atoms with van der Waals surface area (Å²) in [6, 6.07) is 22.0. The van der Waals surface area contributed by atoms with Crippen LogP contribution in [0.25, 0.3) is 64.0 Å². The van der Waals surface area contributed by atoms with Gasteiger partial charge in [0.1, 0.15) is 33.4 Å². The standard InChI is InChI=1S/C17H15ClN2O3S.C16H13ClN2O2S.C15H11ClN2O3S/c1-3-23-13(21)8-20-9-19-16-15(17(20)22)14(10(2)24-16)11-5-4-6-12(18)7-11;1-9(20)7-19-8-18-15-14(16(19)21)13(10(2)22-15)11-4-3-5-12(17)6-11;1-8-12(9-3-2-4-10(16)5-9)13-14(22-8)17-7-18(15(13)21)6-11(19)20/h4-7,9H,3,8H2,1-2H3;3-6,8H,7H2,1-2H3;2-5,7H,6H2,1H3,(H,19,20). The highest BCUT2D eigenvalue weighted by molar-refractivity contribution is 7.20. The van der Waals surface area contributed by atoms with Crippen LogP contribution in [-0.4, -0.2) is 58.1 Å². The number of ether oxygens (including phenoxy) is 1. The Kier molecular flexibility index (Phi) is 15.5. The van der Waals surface area contributed by atoms with E-state index < -0.39 is 18.5 Å². The average molecular weight is 1030 g/mol. The number of carbonyl (C=O) groups is 3. The SMILES string of the molecule is CC(=O)Cn1cnc2sc(C)c(-c3cccc(Cl)c3)c2c1=O.CCOC(=O)Cn1cnc2sc(C)c(-c3cccc(Cl)c3)c2c1=O.Cc1sc2ncn(CC(=O)O)c(=O)c2c1-c1cccc(Cl)c1. The molecule has 14 nitrogen and oxygen atoms in total. The minimum atomic E-state index is -1.08. The minimum Gasteiger partial charge on any atom is -0.480 e. The van der Waals surface area contributed by atoms with E-state index in [1.165, 1.54) is 69.1 Å². The number of Topliss-reactive ketones (excluding diaryl/α,β-unsaturated/α-hetero) is 1. The first-order chi connectivity index (χ1) is 32.4. The second-order valence-electron chi connectivity index (χ2n) is 15.1. The number of esters is 1. The summed E-state index contributed by atoms with van der Waals surface area (Å²) in [6.07, 6.45) is 4.10. The molecule has 348 valence electrons. The molecule has 0 amide bonds. The first kappa shape index (κ1) is 49.6. The number of rotatable bonds is 10.